The van der Waals surface area contributed by atoms with Gasteiger partial charge in [0.05, 0.1) is 16.9 Å². The minimum absolute atomic E-state index is 0.0552. The highest BCUT2D eigenvalue weighted by molar-refractivity contribution is 5.99. The first kappa shape index (κ1) is 11.6. The van der Waals surface area contributed by atoms with Crippen molar-refractivity contribution < 1.29 is 22.7 Å². The molecule has 1 aliphatic heterocycles. The number of nitrogens with one attached hydrogen (secondary N) is 1. The van der Waals surface area contributed by atoms with E-state index in [1.54, 1.807) is 0 Å². The maximum Gasteiger partial charge on any atom is 0.416 e. The second-order valence-electron chi connectivity index (χ2n) is 3.69. The molecule has 1 heterocycles. The molecule has 0 spiro atoms. The molecule has 7 heteroatoms. The van der Waals surface area contributed by atoms with Gasteiger partial charge in [-0.2, -0.15) is 13.2 Å². The van der Waals surface area contributed by atoms with Crippen LogP contribution in [-0.4, -0.2) is 12.0 Å². The molecule has 92 valence electrons. The molecule has 0 fully saturated rings. The molecule has 0 saturated heterocycles. The minimum atomic E-state index is -4.52. The van der Waals surface area contributed by atoms with Gasteiger partial charge in [-0.15, -0.1) is 0 Å². The van der Waals surface area contributed by atoms with Gasteiger partial charge in [-0.05, 0) is 19.1 Å². The largest absolute Gasteiger partial charge is 0.477 e. The minimum Gasteiger partial charge on any atom is -0.477 e. The molecule has 3 N–H and O–H groups in total. The molecule has 0 aliphatic carbocycles. The van der Waals surface area contributed by atoms with Crippen molar-refractivity contribution >= 4 is 17.3 Å². The Kier molecular flexibility index (Phi) is 2.41. The molecule has 0 radical (unpaired) electrons. The number of carbonyl (C=O) groups excluding carboxylic acids is 1. The first-order valence-corrected chi connectivity index (χ1v) is 4.77. The molecule has 1 amide bonds. The summed E-state index contributed by atoms with van der Waals surface area (Å²) >= 11 is 0. The van der Waals surface area contributed by atoms with E-state index in [0.717, 1.165) is 12.1 Å². The molecule has 1 aromatic carbocycles. The van der Waals surface area contributed by atoms with E-state index in [4.69, 9.17) is 10.5 Å². The number of hydrogen-bond acceptors (Lipinski definition) is 3. The van der Waals surface area contributed by atoms with Gasteiger partial charge >= 0.3 is 6.18 Å². The molecule has 4 nitrogen and oxygen atoms in total. The average molecular weight is 246 g/mol. The Balaban J connectivity index is 2.52. The summed E-state index contributed by atoms with van der Waals surface area (Å²) in [5.41, 5.74) is 4.34. The number of hydrogen-bond donors (Lipinski definition) is 2. The second kappa shape index (κ2) is 3.54. The summed E-state index contributed by atoms with van der Waals surface area (Å²) in [6, 6.07) is 1.58. The number of alkyl halides is 3. The van der Waals surface area contributed by atoms with E-state index in [1.807, 2.05) is 0 Å². The van der Waals surface area contributed by atoms with Gasteiger partial charge in [-0.1, -0.05) is 0 Å². The molecular formula is C10H9F3N2O2. The van der Waals surface area contributed by atoms with E-state index in [2.05, 4.69) is 5.32 Å². The molecule has 1 unspecified atom stereocenters. The zero-order chi connectivity index (χ0) is 12.8. The van der Waals surface area contributed by atoms with Crippen molar-refractivity contribution in [3.05, 3.63) is 17.7 Å². The summed E-state index contributed by atoms with van der Waals surface area (Å²) in [7, 11) is 0. The number of amides is 1. The van der Waals surface area contributed by atoms with Crippen LogP contribution >= 0.6 is 0 Å². The van der Waals surface area contributed by atoms with E-state index in [0.29, 0.717) is 0 Å². The number of halogens is 3. The average Bonchev–Trinajstić information content (AvgIpc) is 2.19. The first-order chi connectivity index (χ1) is 7.79. The maximum atomic E-state index is 12.5. The highest BCUT2D eigenvalue weighted by Gasteiger charge is 2.34. The zero-order valence-electron chi connectivity index (χ0n) is 8.76. The van der Waals surface area contributed by atoms with Crippen molar-refractivity contribution in [3.8, 4) is 5.75 Å². The Morgan fingerprint density at radius 2 is 2.06 bits per heavy atom. The van der Waals surface area contributed by atoms with Crippen molar-refractivity contribution in [2.75, 3.05) is 11.1 Å². The van der Waals surface area contributed by atoms with Gasteiger partial charge in [0.15, 0.2) is 11.9 Å². The number of benzene rings is 1. The molecule has 1 atom stereocenters. The summed E-state index contributed by atoms with van der Waals surface area (Å²) in [5.74, 6) is -0.429. The van der Waals surface area contributed by atoms with Gasteiger partial charge in [-0.25, -0.2) is 0 Å². The lowest BCUT2D eigenvalue weighted by Crippen LogP contribution is -2.35. The number of rotatable bonds is 0. The SMILES string of the molecule is CC1Oc2c(N)cc(C(F)(F)F)cc2NC1=O. The molecule has 2 rings (SSSR count). The van der Waals surface area contributed by atoms with Gasteiger partial charge in [0.1, 0.15) is 0 Å². The van der Waals surface area contributed by atoms with Crippen LogP contribution in [0.1, 0.15) is 12.5 Å². The smallest absolute Gasteiger partial charge is 0.416 e. The first-order valence-electron chi connectivity index (χ1n) is 4.77. The van der Waals surface area contributed by atoms with E-state index < -0.39 is 23.8 Å². The van der Waals surface area contributed by atoms with Gasteiger partial charge in [0.2, 0.25) is 0 Å². The summed E-state index contributed by atoms with van der Waals surface area (Å²) in [6.07, 6.45) is -5.29. The third kappa shape index (κ3) is 2.00. The second-order valence-corrected chi connectivity index (χ2v) is 3.69. The Bertz CT molecular complexity index is 485. The Morgan fingerprint density at radius 1 is 1.41 bits per heavy atom. The van der Waals surface area contributed by atoms with Crippen molar-refractivity contribution in [2.45, 2.75) is 19.2 Å². The molecule has 0 aromatic heterocycles. The maximum absolute atomic E-state index is 12.5. The number of anilines is 2. The normalized spacial score (nSPS) is 19.3. The van der Waals surface area contributed by atoms with Crippen molar-refractivity contribution in [3.63, 3.8) is 0 Å². The van der Waals surface area contributed by atoms with Crippen LogP contribution in [0.2, 0.25) is 0 Å². The van der Waals surface area contributed by atoms with Gasteiger partial charge in [0.25, 0.3) is 5.91 Å². The molecule has 17 heavy (non-hydrogen) atoms. The molecule has 1 aliphatic rings. The van der Waals surface area contributed by atoms with E-state index in [1.165, 1.54) is 6.92 Å². The van der Waals surface area contributed by atoms with E-state index in [-0.39, 0.29) is 17.1 Å². The molecule has 1 aromatic rings. The van der Waals surface area contributed by atoms with Crippen molar-refractivity contribution in [2.24, 2.45) is 0 Å². The van der Waals surface area contributed by atoms with Crippen LogP contribution in [0.4, 0.5) is 24.5 Å². The third-order valence-electron chi connectivity index (χ3n) is 2.37. The van der Waals surface area contributed by atoms with Gasteiger partial charge in [-0.3, -0.25) is 4.79 Å². The predicted molar refractivity (Wildman–Crippen MR) is 54.6 cm³/mol. The standard InChI is InChI=1S/C10H9F3N2O2/c1-4-9(16)15-7-3-5(10(11,12)13)2-6(14)8(7)17-4/h2-4H,14H2,1H3,(H,15,16). The molecular weight excluding hydrogens is 237 g/mol. The third-order valence-corrected chi connectivity index (χ3v) is 2.37. The summed E-state index contributed by atoms with van der Waals surface area (Å²) < 4.78 is 42.6. The summed E-state index contributed by atoms with van der Waals surface area (Å²) in [5, 5.41) is 2.32. The number of fused-ring (bicyclic) bond motifs is 1. The fourth-order valence-electron chi connectivity index (χ4n) is 1.50. The number of carbonyl (C=O) groups is 1. The fraction of sp³-hybridized carbons (Fsp3) is 0.300. The summed E-state index contributed by atoms with van der Waals surface area (Å²) in [4.78, 5) is 11.3. The lowest BCUT2D eigenvalue weighted by atomic mass is 10.1. The number of nitrogen functional groups attached to an aromatic ring is 1. The molecule has 0 saturated carbocycles. The van der Waals surface area contributed by atoms with E-state index >= 15 is 0 Å². The Morgan fingerprint density at radius 3 is 2.65 bits per heavy atom. The highest BCUT2D eigenvalue weighted by Crippen LogP contribution is 2.41. The zero-order valence-corrected chi connectivity index (χ0v) is 8.76. The Labute approximate surface area is 94.5 Å². The lowest BCUT2D eigenvalue weighted by molar-refractivity contribution is -0.137. The number of ether oxygens (including phenoxy) is 1. The van der Waals surface area contributed by atoms with E-state index in [9.17, 15) is 18.0 Å². The van der Waals surface area contributed by atoms with Crippen LogP contribution in [0.3, 0.4) is 0 Å². The Hall–Kier alpha value is -1.92. The quantitative estimate of drug-likeness (QED) is 0.688. The van der Waals surface area contributed by atoms with Crippen LogP contribution in [0.5, 0.6) is 5.75 Å². The monoisotopic (exact) mass is 246 g/mol. The van der Waals surface area contributed by atoms with Gasteiger partial charge in [0, 0.05) is 0 Å². The number of nitrogens with two attached hydrogens (primary N) is 1. The summed E-state index contributed by atoms with van der Waals surface area (Å²) in [6.45, 7) is 1.48. The van der Waals surface area contributed by atoms with Crippen LogP contribution in [0, 0.1) is 0 Å². The van der Waals surface area contributed by atoms with Crippen LogP contribution in [-0.2, 0) is 11.0 Å². The van der Waals surface area contributed by atoms with Crippen molar-refractivity contribution in [1.29, 1.82) is 0 Å². The lowest BCUT2D eigenvalue weighted by Gasteiger charge is -2.25. The highest BCUT2D eigenvalue weighted by atomic mass is 19.4. The fourth-order valence-corrected chi connectivity index (χ4v) is 1.50. The topological polar surface area (TPSA) is 64.3 Å². The van der Waals surface area contributed by atoms with Crippen LogP contribution < -0.4 is 15.8 Å². The van der Waals surface area contributed by atoms with Gasteiger partial charge < -0.3 is 15.8 Å². The van der Waals surface area contributed by atoms with Crippen LogP contribution in [0.25, 0.3) is 0 Å². The predicted octanol–water partition coefficient (Wildman–Crippen LogP) is 2.01. The van der Waals surface area contributed by atoms with Crippen molar-refractivity contribution in [1.82, 2.24) is 0 Å². The van der Waals surface area contributed by atoms with Crippen LogP contribution in [0.15, 0.2) is 12.1 Å². The molecule has 0 bridgehead atoms.